The molecule has 2 aromatic carbocycles. The van der Waals surface area contributed by atoms with Crippen LogP contribution < -0.4 is 0 Å². The summed E-state index contributed by atoms with van der Waals surface area (Å²) in [6, 6.07) is 23.0. The van der Waals surface area contributed by atoms with Gasteiger partial charge in [0.2, 0.25) is 0 Å². The first-order valence-electron chi connectivity index (χ1n) is 5.59. The van der Waals surface area contributed by atoms with Gasteiger partial charge >= 0.3 is 0 Å². The van der Waals surface area contributed by atoms with Crippen LogP contribution in [-0.4, -0.2) is 4.98 Å². The molecule has 0 aliphatic rings. The molecule has 1 aromatic heterocycles. The van der Waals surface area contributed by atoms with Crippen LogP contribution in [0.25, 0.3) is 10.9 Å². The Bertz CT molecular complexity index is 513. The van der Waals surface area contributed by atoms with E-state index >= 15 is 0 Å². The first kappa shape index (κ1) is 14.6. The zero-order valence-corrected chi connectivity index (χ0v) is 12.5. The van der Waals surface area contributed by atoms with Gasteiger partial charge in [0, 0.05) is 31.7 Å². The van der Waals surface area contributed by atoms with Crippen LogP contribution in [0, 0.1) is 13.0 Å². The molecule has 2 heteroatoms. The summed E-state index contributed by atoms with van der Waals surface area (Å²) in [5.74, 6) is 0. The summed E-state index contributed by atoms with van der Waals surface area (Å²) in [6.07, 6.45) is 1.81. The first-order chi connectivity index (χ1) is 8.36. The molecule has 0 N–H and O–H groups in total. The van der Waals surface area contributed by atoms with E-state index in [1.54, 1.807) is 0 Å². The van der Waals surface area contributed by atoms with Crippen LogP contribution in [0.5, 0.6) is 0 Å². The Balaban J connectivity index is 0.000000181. The summed E-state index contributed by atoms with van der Waals surface area (Å²) in [5.41, 5.74) is 2.26. The molecule has 0 amide bonds. The quantitative estimate of drug-likeness (QED) is 0.508. The number of hydrogen-bond acceptors (Lipinski definition) is 1. The van der Waals surface area contributed by atoms with Crippen molar-refractivity contribution >= 4 is 10.9 Å². The molecule has 0 aliphatic heterocycles. The Labute approximate surface area is 121 Å². The predicted molar refractivity (Wildman–Crippen MR) is 71.8 cm³/mol. The maximum absolute atomic E-state index is 4.18. The molecule has 3 rings (SSSR count). The summed E-state index contributed by atoms with van der Waals surface area (Å²) < 4.78 is 0. The molecule has 0 spiro atoms. The van der Waals surface area contributed by atoms with Crippen molar-refractivity contribution in [3.63, 3.8) is 0 Å². The van der Waals surface area contributed by atoms with E-state index in [0.29, 0.717) is 0 Å². The molecule has 0 aliphatic carbocycles. The Hall–Kier alpha value is -1.50. The van der Waals surface area contributed by atoms with Gasteiger partial charge in [-0.3, -0.25) is 4.98 Å². The Morgan fingerprint density at radius 2 is 1.61 bits per heavy atom. The molecule has 0 atom stereocenters. The number of aromatic nitrogens is 1. The second-order valence-corrected chi connectivity index (χ2v) is 3.74. The van der Waals surface area contributed by atoms with Gasteiger partial charge in [-0.15, -0.1) is 0 Å². The van der Waals surface area contributed by atoms with Crippen LogP contribution in [0.2, 0.25) is 0 Å². The molecular formula is C16H14IrN-. The van der Waals surface area contributed by atoms with Gasteiger partial charge < -0.3 is 0 Å². The van der Waals surface area contributed by atoms with E-state index in [1.807, 2.05) is 61.7 Å². The molecule has 18 heavy (non-hydrogen) atoms. The molecule has 1 radical (unpaired) electrons. The molecule has 0 saturated heterocycles. The van der Waals surface area contributed by atoms with Gasteiger partial charge in [-0.2, -0.15) is 35.9 Å². The number of benzene rings is 2. The number of nitrogens with zero attached hydrogens (tertiary/aromatic N) is 1. The maximum Gasteiger partial charge on any atom is 0.0701 e. The van der Waals surface area contributed by atoms with E-state index in [1.165, 1.54) is 10.9 Å². The second kappa shape index (κ2) is 7.75. The molecule has 0 fully saturated rings. The fourth-order valence-corrected chi connectivity index (χ4v) is 1.50. The third-order valence-electron chi connectivity index (χ3n) is 2.38. The minimum absolute atomic E-state index is 0. The Kier molecular flexibility index (Phi) is 6.27. The molecule has 1 heterocycles. The second-order valence-electron chi connectivity index (χ2n) is 3.74. The zero-order valence-electron chi connectivity index (χ0n) is 10.1. The Morgan fingerprint density at radius 1 is 0.889 bits per heavy atom. The van der Waals surface area contributed by atoms with Crippen molar-refractivity contribution in [2.45, 2.75) is 6.92 Å². The van der Waals surface area contributed by atoms with Crippen molar-refractivity contribution in [3.8, 4) is 0 Å². The maximum atomic E-state index is 4.18. The molecule has 0 bridgehead atoms. The standard InChI is InChI=1S/C9H7N.C7H7.Ir/c1-2-6-9-8(4-1)5-3-7-10-9;1-7-5-3-2-4-6-7;/h1-7H;2-5H,1H3;/q;-1;. The average molecular weight is 413 g/mol. The van der Waals surface area contributed by atoms with E-state index < -0.39 is 0 Å². The number of para-hydroxylation sites is 1. The van der Waals surface area contributed by atoms with Gasteiger partial charge in [-0.05, 0) is 12.1 Å². The minimum atomic E-state index is 0. The van der Waals surface area contributed by atoms with Crippen LogP contribution in [0.4, 0.5) is 0 Å². The van der Waals surface area contributed by atoms with Crippen molar-refractivity contribution in [1.29, 1.82) is 0 Å². The van der Waals surface area contributed by atoms with E-state index in [0.717, 1.165) is 5.52 Å². The molecule has 0 unspecified atom stereocenters. The summed E-state index contributed by atoms with van der Waals surface area (Å²) in [7, 11) is 0. The van der Waals surface area contributed by atoms with Crippen LogP contribution >= 0.6 is 0 Å². The number of aryl methyl sites for hydroxylation is 1. The summed E-state index contributed by atoms with van der Waals surface area (Å²) in [5, 5.41) is 1.20. The van der Waals surface area contributed by atoms with Gasteiger partial charge in [-0.25, -0.2) is 0 Å². The summed E-state index contributed by atoms with van der Waals surface area (Å²) >= 11 is 0. The van der Waals surface area contributed by atoms with Gasteiger partial charge in [0.15, 0.2) is 0 Å². The van der Waals surface area contributed by atoms with E-state index in [2.05, 4.69) is 23.2 Å². The van der Waals surface area contributed by atoms with Crippen LogP contribution in [0.3, 0.4) is 0 Å². The predicted octanol–water partition coefficient (Wildman–Crippen LogP) is 4.03. The van der Waals surface area contributed by atoms with Gasteiger partial charge in [0.25, 0.3) is 0 Å². The van der Waals surface area contributed by atoms with Crippen molar-refractivity contribution in [1.82, 2.24) is 4.98 Å². The molecule has 93 valence electrons. The number of hydrogen-bond donors (Lipinski definition) is 0. The van der Waals surface area contributed by atoms with E-state index in [-0.39, 0.29) is 20.1 Å². The minimum Gasteiger partial charge on any atom is -0.256 e. The number of rotatable bonds is 0. The fraction of sp³-hybridized carbons (Fsp3) is 0.0625. The van der Waals surface area contributed by atoms with Crippen molar-refractivity contribution in [2.24, 2.45) is 0 Å². The SMILES string of the molecule is Cc1[c-]cccc1.[Ir].c1ccc2ncccc2c1. The van der Waals surface area contributed by atoms with E-state index in [9.17, 15) is 0 Å². The van der Waals surface area contributed by atoms with Crippen LogP contribution in [0.15, 0.2) is 66.9 Å². The average Bonchev–Trinajstić information content (AvgIpc) is 2.41. The van der Waals surface area contributed by atoms with Crippen LogP contribution in [-0.2, 0) is 20.1 Å². The molecule has 1 nitrogen and oxygen atoms in total. The van der Waals surface area contributed by atoms with Gasteiger partial charge in [-0.1, -0.05) is 31.2 Å². The summed E-state index contributed by atoms with van der Waals surface area (Å²) in [4.78, 5) is 4.18. The van der Waals surface area contributed by atoms with Gasteiger partial charge in [0.05, 0.1) is 5.52 Å². The number of pyridine rings is 1. The van der Waals surface area contributed by atoms with Crippen molar-refractivity contribution < 1.29 is 20.1 Å². The zero-order chi connectivity index (χ0) is 11.9. The Morgan fingerprint density at radius 3 is 2.22 bits per heavy atom. The largest absolute Gasteiger partial charge is 0.256 e. The van der Waals surface area contributed by atoms with Crippen LogP contribution in [0.1, 0.15) is 5.56 Å². The molecule has 0 saturated carbocycles. The third-order valence-corrected chi connectivity index (χ3v) is 2.38. The topological polar surface area (TPSA) is 12.9 Å². The first-order valence-corrected chi connectivity index (χ1v) is 5.59. The number of fused-ring (bicyclic) bond motifs is 1. The van der Waals surface area contributed by atoms with Crippen molar-refractivity contribution in [3.05, 3.63) is 78.5 Å². The van der Waals surface area contributed by atoms with Crippen molar-refractivity contribution in [2.75, 3.05) is 0 Å². The normalized spacial score (nSPS) is 8.94. The smallest absolute Gasteiger partial charge is 0.0701 e. The molecular weight excluding hydrogens is 398 g/mol. The summed E-state index contributed by atoms with van der Waals surface area (Å²) in [6.45, 7) is 2.03. The fourth-order valence-electron chi connectivity index (χ4n) is 1.50. The van der Waals surface area contributed by atoms with Gasteiger partial charge in [0.1, 0.15) is 0 Å². The monoisotopic (exact) mass is 413 g/mol. The third kappa shape index (κ3) is 4.40. The van der Waals surface area contributed by atoms with E-state index in [4.69, 9.17) is 0 Å². The molecule has 3 aromatic rings.